The Morgan fingerprint density at radius 2 is 1.93 bits per heavy atom. The number of aromatic nitrogens is 1. The Morgan fingerprint density at radius 1 is 1.18 bits per heavy atom. The number of hydrogen-bond acceptors (Lipinski definition) is 5. The molecule has 0 aliphatic carbocycles. The molecule has 1 fully saturated rings. The Bertz CT molecular complexity index is 949. The third-order valence-electron chi connectivity index (χ3n) is 5.86. The topological polar surface area (TPSA) is 80.8 Å². The Kier molecular flexibility index (Phi) is 4.45. The zero-order valence-corrected chi connectivity index (χ0v) is 16.2. The highest BCUT2D eigenvalue weighted by Gasteiger charge is 2.49. The average molecular weight is 381 g/mol. The number of likely N-dealkylation sites (tertiary alicyclic amines) is 1. The van der Waals surface area contributed by atoms with Crippen LogP contribution in [-0.4, -0.2) is 49.0 Å². The molecule has 0 saturated carbocycles. The first-order valence-electron chi connectivity index (χ1n) is 9.29. The molecule has 4 rings (SSSR count). The van der Waals surface area contributed by atoms with E-state index in [9.17, 15) is 9.59 Å². The third-order valence-corrected chi connectivity index (χ3v) is 5.86. The number of piperidine rings is 1. The number of carbonyl (C=O) groups is 2. The standard InChI is InChI=1S/C21H23N3O4/c1-13(25)24-9-6-21(7-10-24)16-12-18(27-2)15(11-17(16)23-20(21)26)14-5-4-8-22-19(14)28-3/h4-5,8,11-12H,6-7,9-10H2,1-3H3,(H,23,26). The van der Waals surface area contributed by atoms with Crippen LogP contribution in [0.15, 0.2) is 30.5 Å². The average Bonchev–Trinajstić information content (AvgIpc) is 2.97. The van der Waals surface area contributed by atoms with Crippen molar-refractivity contribution in [2.75, 3.05) is 32.6 Å². The van der Waals surface area contributed by atoms with Gasteiger partial charge in [-0.1, -0.05) is 0 Å². The maximum atomic E-state index is 13.0. The normalized spacial score (nSPS) is 17.2. The van der Waals surface area contributed by atoms with E-state index in [1.165, 1.54) is 0 Å². The van der Waals surface area contributed by atoms with Crippen LogP contribution in [0.4, 0.5) is 5.69 Å². The van der Waals surface area contributed by atoms with E-state index < -0.39 is 5.41 Å². The van der Waals surface area contributed by atoms with E-state index in [1.54, 1.807) is 32.2 Å². The van der Waals surface area contributed by atoms with E-state index in [-0.39, 0.29) is 11.8 Å². The maximum absolute atomic E-state index is 13.0. The number of nitrogens with one attached hydrogen (secondary N) is 1. The van der Waals surface area contributed by atoms with E-state index in [2.05, 4.69) is 10.3 Å². The summed E-state index contributed by atoms with van der Waals surface area (Å²) in [6.45, 7) is 2.71. The third kappa shape index (κ3) is 2.69. The fraction of sp³-hybridized carbons (Fsp3) is 0.381. The fourth-order valence-electron chi connectivity index (χ4n) is 4.28. The summed E-state index contributed by atoms with van der Waals surface area (Å²) < 4.78 is 11.1. The van der Waals surface area contributed by atoms with Gasteiger partial charge in [-0.05, 0) is 42.7 Å². The molecule has 1 N–H and O–H groups in total. The van der Waals surface area contributed by atoms with Crippen molar-refractivity contribution >= 4 is 17.5 Å². The van der Waals surface area contributed by atoms with E-state index in [0.29, 0.717) is 37.6 Å². The number of amides is 2. The molecule has 1 spiro atoms. The number of ether oxygens (including phenoxy) is 2. The van der Waals surface area contributed by atoms with E-state index in [1.807, 2.05) is 24.3 Å². The van der Waals surface area contributed by atoms with Gasteiger partial charge in [0.1, 0.15) is 5.75 Å². The summed E-state index contributed by atoms with van der Waals surface area (Å²) in [5, 5.41) is 3.04. The van der Waals surface area contributed by atoms with Gasteiger partial charge in [-0.25, -0.2) is 4.98 Å². The largest absolute Gasteiger partial charge is 0.496 e. The summed E-state index contributed by atoms with van der Waals surface area (Å²) in [6, 6.07) is 7.62. The molecule has 7 heteroatoms. The first kappa shape index (κ1) is 18.3. The molecule has 0 atom stereocenters. The van der Waals surface area contributed by atoms with Crippen molar-refractivity contribution in [1.29, 1.82) is 0 Å². The SMILES string of the molecule is COc1cc2c(cc1-c1cccnc1OC)NC(=O)C21CCN(C(C)=O)CC1. The van der Waals surface area contributed by atoms with Gasteiger partial charge < -0.3 is 19.7 Å². The zero-order chi connectivity index (χ0) is 19.9. The second-order valence-corrected chi connectivity index (χ2v) is 7.20. The van der Waals surface area contributed by atoms with Gasteiger partial charge >= 0.3 is 0 Å². The molecule has 0 unspecified atom stereocenters. The lowest BCUT2D eigenvalue weighted by molar-refractivity contribution is -0.133. The lowest BCUT2D eigenvalue weighted by atomic mass is 9.73. The number of methoxy groups -OCH3 is 2. The Morgan fingerprint density at radius 3 is 2.57 bits per heavy atom. The second kappa shape index (κ2) is 6.82. The van der Waals surface area contributed by atoms with Crippen molar-refractivity contribution in [2.24, 2.45) is 0 Å². The fourth-order valence-corrected chi connectivity index (χ4v) is 4.28. The number of carbonyl (C=O) groups excluding carboxylic acids is 2. The summed E-state index contributed by atoms with van der Waals surface area (Å²) in [6.07, 6.45) is 2.87. The summed E-state index contributed by atoms with van der Waals surface area (Å²) in [5.74, 6) is 1.19. The number of hydrogen-bond donors (Lipinski definition) is 1. The minimum Gasteiger partial charge on any atom is -0.496 e. The van der Waals surface area contributed by atoms with Gasteiger partial charge in [0.25, 0.3) is 0 Å². The first-order valence-corrected chi connectivity index (χ1v) is 9.29. The molecular formula is C21H23N3O4. The molecule has 3 heterocycles. The number of benzene rings is 1. The van der Waals surface area contributed by atoms with Gasteiger partial charge in [-0.2, -0.15) is 0 Å². The highest BCUT2D eigenvalue weighted by Crippen LogP contribution is 2.49. The van der Waals surface area contributed by atoms with Crippen LogP contribution in [0, 0.1) is 0 Å². The first-order chi connectivity index (χ1) is 13.5. The van der Waals surface area contributed by atoms with Crippen molar-refractivity contribution in [3.05, 3.63) is 36.0 Å². The van der Waals surface area contributed by atoms with Crippen LogP contribution in [0.5, 0.6) is 11.6 Å². The molecule has 1 saturated heterocycles. The molecule has 2 aromatic rings. The molecule has 1 aromatic heterocycles. The second-order valence-electron chi connectivity index (χ2n) is 7.20. The van der Waals surface area contributed by atoms with E-state index in [0.717, 1.165) is 22.4 Å². The molecule has 0 radical (unpaired) electrons. The van der Waals surface area contributed by atoms with Crippen molar-refractivity contribution in [3.63, 3.8) is 0 Å². The van der Waals surface area contributed by atoms with Crippen LogP contribution in [0.2, 0.25) is 0 Å². The summed E-state index contributed by atoms with van der Waals surface area (Å²) in [4.78, 5) is 30.7. The Balaban J connectivity index is 1.79. The van der Waals surface area contributed by atoms with Gasteiger partial charge in [0.2, 0.25) is 17.7 Å². The number of rotatable bonds is 3. The van der Waals surface area contributed by atoms with Crippen LogP contribution in [0.25, 0.3) is 11.1 Å². The molecule has 7 nitrogen and oxygen atoms in total. The maximum Gasteiger partial charge on any atom is 0.235 e. The van der Waals surface area contributed by atoms with Gasteiger partial charge in [-0.3, -0.25) is 9.59 Å². The van der Waals surface area contributed by atoms with Crippen molar-refractivity contribution in [1.82, 2.24) is 9.88 Å². The molecular weight excluding hydrogens is 358 g/mol. The van der Waals surface area contributed by atoms with Gasteiger partial charge in [0.15, 0.2) is 0 Å². The van der Waals surface area contributed by atoms with Crippen molar-refractivity contribution in [2.45, 2.75) is 25.2 Å². The van der Waals surface area contributed by atoms with E-state index >= 15 is 0 Å². The Hall–Kier alpha value is -3.09. The zero-order valence-electron chi connectivity index (χ0n) is 16.2. The quantitative estimate of drug-likeness (QED) is 0.884. The molecule has 2 aliphatic heterocycles. The van der Waals surface area contributed by atoms with Crippen molar-refractivity contribution in [3.8, 4) is 22.8 Å². The molecule has 28 heavy (non-hydrogen) atoms. The number of anilines is 1. The van der Waals surface area contributed by atoms with Crippen molar-refractivity contribution < 1.29 is 19.1 Å². The number of fused-ring (bicyclic) bond motifs is 2. The number of pyridine rings is 1. The monoisotopic (exact) mass is 381 g/mol. The van der Waals surface area contributed by atoms with Crippen LogP contribution in [0.1, 0.15) is 25.3 Å². The molecule has 0 bridgehead atoms. The van der Waals surface area contributed by atoms with Gasteiger partial charge in [-0.15, -0.1) is 0 Å². The summed E-state index contributed by atoms with van der Waals surface area (Å²) in [7, 11) is 3.19. The predicted octanol–water partition coefficient (Wildman–Crippen LogP) is 2.60. The number of nitrogens with zero attached hydrogens (tertiary/aromatic N) is 2. The smallest absolute Gasteiger partial charge is 0.235 e. The molecule has 2 aliphatic rings. The molecule has 146 valence electrons. The molecule has 2 amide bonds. The van der Waals surface area contributed by atoms with Crippen LogP contribution in [-0.2, 0) is 15.0 Å². The van der Waals surface area contributed by atoms with Crippen LogP contribution in [0.3, 0.4) is 0 Å². The highest BCUT2D eigenvalue weighted by molar-refractivity contribution is 6.07. The molecule has 1 aromatic carbocycles. The van der Waals surface area contributed by atoms with Gasteiger partial charge in [0.05, 0.1) is 19.6 Å². The predicted molar refractivity (Wildman–Crippen MR) is 105 cm³/mol. The summed E-state index contributed by atoms with van der Waals surface area (Å²) >= 11 is 0. The van der Waals surface area contributed by atoms with Crippen LogP contribution < -0.4 is 14.8 Å². The lowest BCUT2D eigenvalue weighted by Gasteiger charge is -2.37. The van der Waals surface area contributed by atoms with Crippen LogP contribution >= 0.6 is 0 Å². The van der Waals surface area contributed by atoms with Gasteiger partial charge in [0, 0.05) is 43.0 Å². The van der Waals surface area contributed by atoms with E-state index in [4.69, 9.17) is 9.47 Å². The lowest BCUT2D eigenvalue weighted by Crippen LogP contribution is -2.47. The minimum atomic E-state index is -0.619. The highest BCUT2D eigenvalue weighted by atomic mass is 16.5. The Labute approximate surface area is 163 Å². The summed E-state index contributed by atoms with van der Waals surface area (Å²) in [5.41, 5.74) is 2.70. The minimum absolute atomic E-state index is 0.0111.